The zero-order chi connectivity index (χ0) is 10.6. The Morgan fingerprint density at radius 2 is 2.29 bits per heavy atom. The van der Waals surface area contributed by atoms with Crippen molar-refractivity contribution in [2.75, 3.05) is 7.11 Å². The standard InChI is InChI=1S/C10H10O4/c1-14-9(12)5-7-3-2-4-8(6-11)10(7)13/h2-4,6,13H,5H2,1H3. The minimum Gasteiger partial charge on any atom is -0.507 e. The third kappa shape index (κ3) is 2.10. The normalized spacial score (nSPS) is 9.50. The molecule has 0 heterocycles. The molecule has 4 nitrogen and oxygen atoms in total. The third-order valence-corrected chi connectivity index (χ3v) is 1.84. The number of carbonyl (C=O) groups excluding carboxylic acids is 2. The van der Waals surface area contributed by atoms with Gasteiger partial charge in [0.25, 0.3) is 0 Å². The van der Waals surface area contributed by atoms with Crippen molar-refractivity contribution < 1.29 is 19.4 Å². The molecular formula is C10H10O4. The fraction of sp³-hybridized carbons (Fsp3) is 0.200. The highest BCUT2D eigenvalue weighted by Gasteiger charge is 2.10. The number of ether oxygens (including phenoxy) is 1. The number of hydrogen-bond acceptors (Lipinski definition) is 4. The van der Waals surface area contributed by atoms with Crippen LogP contribution in [0.15, 0.2) is 18.2 Å². The maximum atomic E-state index is 10.9. The van der Waals surface area contributed by atoms with Gasteiger partial charge in [0.15, 0.2) is 6.29 Å². The van der Waals surface area contributed by atoms with E-state index in [-0.39, 0.29) is 17.7 Å². The molecule has 0 spiro atoms. The first kappa shape index (κ1) is 10.2. The van der Waals surface area contributed by atoms with E-state index in [1.807, 2.05) is 0 Å². The Hall–Kier alpha value is -1.84. The van der Waals surface area contributed by atoms with Crippen molar-refractivity contribution in [2.45, 2.75) is 6.42 Å². The number of phenols is 1. The van der Waals surface area contributed by atoms with E-state index in [1.54, 1.807) is 12.1 Å². The Morgan fingerprint density at radius 1 is 1.57 bits per heavy atom. The van der Waals surface area contributed by atoms with Gasteiger partial charge in [-0.15, -0.1) is 0 Å². The van der Waals surface area contributed by atoms with E-state index < -0.39 is 5.97 Å². The lowest BCUT2D eigenvalue weighted by atomic mass is 10.1. The summed E-state index contributed by atoms with van der Waals surface area (Å²) in [7, 11) is 1.27. The van der Waals surface area contributed by atoms with E-state index in [0.29, 0.717) is 11.8 Å². The Kier molecular flexibility index (Phi) is 3.23. The second-order valence-corrected chi connectivity index (χ2v) is 2.73. The monoisotopic (exact) mass is 194 g/mol. The number of hydrogen-bond donors (Lipinski definition) is 1. The number of methoxy groups -OCH3 is 1. The molecule has 0 aromatic heterocycles. The van der Waals surface area contributed by atoms with Crippen molar-refractivity contribution in [1.82, 2.24) is 0 Å². The van der Waals surface area contributed by atoms with Gasteiger partial charge >= 0.3 is 5.97 Å². The van der Waals surface area contributed by atoms with E-state index >= 15 is 0 Å². The molecule has 0 saturated carbocycles. The maximum absolute atomic E-state index is 10.9. The molecule has 0 amide bonds. The van der Waals surface area contributed by atoms with Crippen LogP contribution in [0.4, 0.5) is 0 Å². The van der Waals surface area contributed by atoms with Crippen molar-refractivity contribution in [2.24, 2.45) is 0 Å². The second kappa shape index (κ2) is 4.41. The highest BCUT2D eigenvalue weighted by Crippen LogP contribution is 2.21. The molecule has 4 heteroatoms. The average Bonchev–Trinajstić information content (AvgIpc) is 2.21. The predicted molar refractivity (Wildman–Crippen MR) is 49.2 cm³/mol. The van der Waals surface area contributed by atoms with E-state index in [1.165, 1.54) is 13.2 Å². The van der Waals surface area contributed by atoms with Gasteiger partial charge in [-0.2, -0.15) is 0 Å². The van der Waals surface area contributed by atoms with Crippen LogP contribution in [0.3, 0.4) is 0 Å². The quantitative estimate of drug-likeness (QED) is 0.574. The first-order valence-corrected chi connectivity index (χ1v) is 4.02. The van der Waals surface area contributed by atoms with Gasteiger partial charge < -0.3 is 9.84 Å². The van der Waals surface area contributed by atoms with Crippen LogP contribution >= 0.6 is 0 Å². The zero-order valence-electron chi connectivity index (χ0n) is 7.69. The number of benzene rings is 1. The van der Waals surface area contributed by atoms with Gasteiger partial charge in [0.2, 0.25) is 0 Å². The Morgan fingerprint density at radius 3 is 2.86 bits per heavy atom. The third-order valence-electron chi connectivity index (χ3n) is 1.84. The molecule has 0 unspecified atom stereocenters. The summed E-state index contributed by atoms with van der Waals surface area (Å²) in [5.41, 5.74) is 0.563. The maximum Gasteiger partial charge on any atom is 0.310 e. The Labute approximate surface area is 81.1 Å². The van der Waals surface area contributed by atoms with Crippen LogP contribution in [-0.4, -0.2) is 24.5 Å². The van der Waals surface area contributed by atoms with Gasteiger partial charge in [0.05, 0.1) is 19.1 Å². The van der Waals surface area contributed by atoms with E-state index in [9.17, 15) is 14.7 Å². The number of rotatable bonds is 3. The molecule has 0 saturated heterocycles. The molecule has 0 radical (unpaired) electrons. The lowest BCUT2D eigenvalue weighted by Gasteiger charge is -2.04. The Bertz CT molecular complexity index is 357. The van der Waals surface area contributed by atoms with Crippen molar-refractivity contribution in [3.63, 3.8) is 0 Å². The lowest BCUT2D eigenvalue weighted by Crippen LogP contribution is -2.05. The van der Waals surface area contributed by atoms with Gasteiger partial charge in [0.1, 0.15) is 5.75 Å². The molecule has 0 bridgehead atoms. The van der Waals surface area contributed by atoms with E-state index in [2.05, 4.69) is 4.74 Å². The molecule has 0 aliphatic rings. The van der Waals surface area contributed by atoms with Crippen molar-refractivity contribution >= 4 is 12.3 Å². The first-order valence-electron chi connectivity index (χ1n) is 4.02. The smallest absolute Gasteiger partial charge is 0.310 e. The van der Waals surface area contributed by atoms with Crippen LogP contribution < -0.4 is 0 Å². The molecule has 1 rings (SSSR count). The van der Waals surface area contributed by atoms with Crippen molar-refractivity contribution in [1.29, 1.82) is 0 Å². The van der Waals surface area contributed by atoms with Crippen LogP contribution in [0.5, 0.6) is 5.75 Å². The molecule has 1 N–H and O–H groups in total. The lowest BCUT2D eigenvalue weighted by molar-refractivity contribution is -0.139. The van der Waals surface area contributed by atoms with Crippen molar-refractivity contribution in [3.8, 4) is 5.75 Å². The number of aromatic hydroxyl groups is 1. The minimum atomic E-state index is -0.455. The summed E-state index contributed by atoms with van der Waals surface area (Å²) in [4.78, 5) is 21.4. The summed E-state index contributed by atoms with van der Waals surface area (Å²) < 4.78 is 4.44. The van der Waals surface area contributed by atoms with Crippen LogP contribution in [0.25, 0.3) is 0 Å². The molecule has 1 aromatic carbocycles. The molecule has 0 aliphatic carbocycles. The van der Waals surface area contributed by atoms with Crippen LogP contribution in [-0.2, 0) is 16.0 Å². The van der Waals surface area contributed by atoms with Crippen LogP contribution in [0.1, 0.15) is 15.9 Å². The number of esters is 1. The molecule has 14 heavy (non-hydrogen) atoms. The second-order valence-electron chi connectivity index (χ2n) is 2.73. The molecule has 74 valence electrons. The number of phenolic OH excluding ortho intramolecular Hbond substituents is 1. The molecular weight excluding hydrogens is 184 g/mol. The summed E-state index contributed by atoms with van der Waals surface area (Å²) in [6.07, 6.45) is 0.500. The topological polar surface area (TPSA) is 63.6 Å². The number of carbonyl (C=O) groups is 2. The average molecular weight is 194 g/mol. The largest absolute Gasteiger partial charge is 0.507 e. The fourth-order valence-electron chi connectivity index (χ4n) is 1.08. The molecule has 0 atom stereocenters. The van der Waals surface area contributed by atoms with Gasteiger partial charge in [-0.1, -0.05) is 12.1 Å². The van der Waals surface area contributed by atoms with Crippen LogP contribution in [0.2, 0.25) is 0 Å². The van der Waals surface area contributed by atoms with E-state index in [0.717, 1.165) is 0 Å². The molecule has 0 fully saturated rings. The number of aldehydes is 1. The number of para-hydroxylation sites is 1. The molecule has 1 aromatic rings. The summed E-state index contributed by atoms with van der Waals surface area (Å²) in [6.45, 7) is 0. The first-order chi connectivity index (χ1) is 6.69. The zero-order valence-corrected chi connectivity index (χ0v) is 7.69. The SMILES string of the molecule is COC(=O)Cc1cccc(C=O)c1O. The minimum absolute atomic E-state index is 0.0377. The Balaban J connectivity index is 2.97. The summed E-state index contributed by atoms with van der Waals surface area (Å²) in [5.74, 6) is -0.615. The molecule has 0 aliphatic heterocycles. The van der Waals surface area contributed by atoms with Crippen molar-refractivity contribution in [3.05, 3.63) is 29.3 Å². The van der Waals surface area contributed by atoms with Gasteiger partial charge in [0, 0.05) is 5.56 Å². The fourth-order valence-corrected chi connectivity index (χ4v) is 1.08. The van der Waals surface area contributed by atoms with Gasteiger partial charge in [-0.05, 0) is 6.07 Å². The highest BCUT2D eigenvalue weighted by molar-refractivity contribution is 5.82. The van der Waals surface area contributed by atoms with Gasteiger partial charge in [-0.25, -0.2) is 0 Å². The highest BCUT2D eigenvalue weighted by atomic mass is 16.5. The summed E-state index contributed by atoms with van der Waals surface area (Å²) in [5, 5.41) is 9.49. The van der Waals surface area contributed by atoms with Crippen LogP contribution in [0, 0.1) is 0 Å². The summed E-state index contributed by atoms with van der Waals surface area (Å²) >= 11 is 0. The van der Waals surface area contributed by atoms with Gasteiger partial charge in [-0.3, -0.25) is 9.59 Å². The summed E-state index contributed by atoms with van der Waals surface area (Å²) in [6, 6.07) is 4.64. The predicted octanol–water partition coefficient (Wildman–Crippen LogP) is 0.920. The van der Waals surface area contributed by atoms with E-state index in [4.69, 9.17) is 0 Å².